The molecule has 1 amide bonds. The maximum Gasteiger partial charge on any atom is 0.337 e. The molecule has 8 nitrogen and oxygen atoms in total. The van der Waals surface area contributed by atoms with Crippen molar-refractivity contribution in [3.63, 3.8) is 0 Å². The van der Waals surface area contributed by atoms with E-state index < -0.39 is 5.97 Å². The zero-order valence-electron chi connectivity index (χ0n) is 19.6. The van der Waals surface area contributed by atoms with Crippen LogP contribution < -0.4 is 10.6 Å². The summed E-state index contributed by atoms with van der Waals surface area (Å²) in [7, 11) is 1.33. The molecule has 0 saturated heterocycles. The number of aromatic nitrogens is 2. The number of aliphatic imine (C=N–C) groups is 1. The molecular formula is C25H29N5O3. The number of methoxy groups -OCH3 is 1. The number of carbonyl (C=O) groups excluding carboxylic acids is 2. The van der Waals surface area contributed by atoms with Gasteiger partial charge in [0.1, 0.15) is 0 Å². The minimum absolute atomic E-state index is 0.272. The van der Waals surface area contributed by atoms with Gasteiger partial charge in [0.25, 0.3) is 5.91 Å². The second-order valence-corrected chi connectivity index (χ2v) is 7.60. The standard InChI is InChI=1S/C25H29N5O3/c1-6-30-18(4)22(17(3)29-30)15-26-25(28-23(31)21-13-8-7-10-16(21)2)27-20-12-9-11-19(14-20)24(32)33-5/h7-14H,6,15H2,1-5H3,(H2,26,27,28,31). The van der Waals surface area contributed by atoms with Gasteiger partial charge >= 0.3 is 5.97 Å². The number of esters is 1. The number of aryl methyl sites for hydroxylation is 3. The van der Waals surface area contributed by atoms with Gasteiger partial charge in [0, 0.05) is 29.1 Å². The molecule has 33 heavy (non-hydrogen) atoms. The molecule has 0 saturated carbocycles. The number of hydrogen-bond donors (Lipinski definition) is 2. The van der Waals surface area contributed by atoms with E-state index >= 15 is 0 Å². The summed E-state index contributed by atoms with van der Waals surface area (Å²) in [5.41, 5.74) is 5.35. The van der Waals surface area contributed by atoms with Gasteiger partial charge < -0.3 is 10.1 Å². The summed E-state index contributed by atoms with van der Waals surface area (Å²) in [6, 6.07) is 14.2. The fourth-order valence-corrected chi connectivity index (χ4v) is 3.52. The van der Waals surface area contributed by atoms with Crippen molar-refractivity contribution in [3.05, 3.63) is 82.2 Å². The van der Waals surface area contributed by atoms with E-state index in [9.17, 15) is 9.59 Å². The van der Waals surface area contributed by atoms with Crippen LogP contribution in [0.1, 0.15) is 50.2 Å². The highest BCUT2D eigenvalue weighted by atomic mass is 16.5. The Balaban J connectivity index is 1.91. The van der Waals surface area contributed by atoms with E-state index in [0.717, 1.165) is 29.1 Å². The summed E-state index contributed by atoms with van der Waals surface area (Å²) in [4.78, 5) is 29.5. The first-order valence-corrected chi connectivity index (χ1v) is 10.7. The lowest BCUT2D eigenvalue weighted by molar-refractivity contribution is 0.0600. The number of hydrogen-bond acceptors (Lipinski definition) is 5. The quantitative estimate of drug-likeness (QED) is 0.338. The van der Waals surface area contributed by atoms with Crippen LogP contribution in [0, 0.1) is 20.8 Å². The average molecular weight is 448 g/mol. The lowest BCUT2D eigenvalue weighted by Gasteiger charge is -2.13. The molecule has 3 aromatic rings. The van der Waals surface area contributed by atoms with Crippen LogP contribution in [-0.2, 0) is 17.8 Å². The number of anilines is 1. The van der Waals surface area contributed by atoms with Crippen LogP contribution in [0.4, 0.5) is 5.69 Å². The van der Waals surface area contributed by atoms with Crippen molar-refractivity contribution in [1.29, 1.82) is 0 Å². The molecule has 0 spiro atoms. The molecule has 0 aliphatic rings. The highest BCUT2D eigenvalue weighted by molar-refractivity contribution is 6.10. The van der Waals surface area contributed by atoms with Crippen molar-refractivity contribution in [2.75, 3.05) is 12.4 Å². The monoisotopic (exact) mass is 447 g/mol. The molecule has 0 aliphatic carbocycles. The van der Waals surface area contributed by atoms with Crippen LogP contribution in [0.5, 0.6) is 0 Å². The molecule has 0 aliphatic heterocycles. The van der Waals surface area contributed by atoms with Gasteiger partial charge in [-0.05, 0) is 57.5 Å². The molecule has 2 N–H and O–H groups in total. The molecule has 1 aromatic heterocycles. The maximum absolute atomic E-state index is 13.0. The third-order valence-corrected chi connectivity index (χ3v) is 5.39. The van der Waals surface area contributed by atoms with E-state index in [4.69, 9.17) is 4.74 Å². The highest BCUT2D eigenvalue weighted by Crippen LogP contribution is 2.16. The van der Waals surface area contributed by atoms with Crippen LogP contribution in [-0.4, -0.2) is 34.7 Å². The number of guanidine groups is 1. The molecule has 172 valence electrons. The van der Waals surface area contributed by atoms with Crippen molar-refractivity contribution < 1.29 is 14.3 Å². The number of carbonyl (C=O) groups is 2. The molecule has 2 aromatic carbocycles. The largest absolute Gasteiger partial charge is 0.465 e. The summed E-state index contributed by atoms with van der Waals surface area (Å²) >= 11 is 0. The van der Waals surface area contributed by atoms with Crippen LogP contribution in [0.25, 0.3) is 0 Å². The predicted octanol–water partition coefficient (Wildman–Crippen LogP) is 4.01. The molecule has 8 heteroatoms. The third kappa shape index (κ3) is 5.65. The van der Waals surface area contributed by atoms with E-state index in [1.54, 1.807) is 30.3 Å². The minimum Gasteiger partial charge on any atom is -0.465 e. The third-order valence-electron chi connectivity index (χ3n) is 5.39. The maximum atomic E-state index is 13.0. The molecule has 1 heterocycles. The highest BCUT2D eigenvalue weighted by Gasteiger charge is 2.14. The van der Waals surface area contributed by atoms with Crippen molar-refractivity contribution in [1.82, 2.24) is 15.1 Å². The summed E-state index contributed by atoms with van der Waals surface area (Å²) in [5, 5.41) is 10.5. The Bertz CT molecular complexity index is 1200. The lowest BCUT2D eigenvalue weighted by atomic mass is 10.1. The zero-order valence-corrected chi connectivity index (χ0v) is 19.6. The second kappa shape index (κ2) is 10.6. The minimum atomic E-state index is -0.445. The van der Waals surface area contributed by atoms with Crippen LogP contribution in [0.3, 0.4) is 0 Å². The Hall–Kier alpha value is -3.94. The Morgan fingerprint density at radius 3 is 2.52 bits per heavy atom. The van der Waals surface area contributed by atoms with Gasteiger partial charge in [0.15, 0.2) is 0 Å². The van der Waals surface area contributed by atoms with Crippen LogP contribution in [0.15, 0.2) is 53.5 Å². The van der Waals surface area contributed by atoms with Crippen LogP contribution >= 0.6 is 0 Å². The summed E-state index contributed by atoms with van der Waals surface area (Å²) in [6.45, 7) is 8.98. The smallest absolute Gasteiger partial charge is 0.337 e. The first-order chi connectivity index (χ1) is 15.8. The van der Waals surface area contributed by atoms with Gasteiger partial charge in [-0.1, -0.05) is 24.3 Å². The lowest BCUT2D eigenvalue weighted by Crippen LogP contribution is -2.36. The van der Waals surface area contributed by atoms with E-state index in [1.165, 1.54) is 7.11 Å². The molecule has 3 rings (SSSR count). The fraction of sp³-hybridized carbons (Fsp3) is 0.280. The van der Waals surface area contributed by atoms with E-state index in [-0.39, 0.29) is 11.9 Å². The summed E-state index contributed by atoms with van der Waals surface area (Å²) in [6.07, 6.45) is 0. The molecular weight excluding hydrogens is 418 g/mol. The number of ether oxygens (including phenoxy) is 1. The van der Waals surface area contributed by atoms with Gasteiger partial charge in [-0.25, -0.2) is 9.79 Å². The Kier molecular flexibility index (Phi) is 7.61. The topological polar surface area (TPSA) is 97.6 Å². The molecule has 0 bridgehead atoms. The van der Waals surface area contributed by atoms with Gasteiger partial charge in [0.2, 0.25) is 5.96 Å². The second-order valence-electron chi connectivity index (χ2n) is 7.60. The Morgan fingerprint density at radius 1 is 1.09 bits per heavy atom. The van der Waals surface area contributed by atoms with Crippen molar-refractivity contribution in [2.45, 2.75) is 40.8 Å². The van der Waals surface area contributed by atoms with Gasteiger partial charge in [-0.3, -0.25) is 14.8 Å². The Labute approximate surface area is 193 Å². The molecule has 0 atom stereocenters. The molecule has 0 radical (unpaired) electrons. The predicted molar refractivity (Wildman–Crippen MR) is 129 cm³/mol. The van der Waals surface area contributed by atoms with Gasteiger partial charge in [0.05, 0.1) is 24.9 Å². The molecule has 0 unspecified atom stereocenters. The number of amides is 1. The number of benzene rings is 2. The van der Waals surface area contributed by atoms with Crippen molar-refractivity contribution in [3.8, 4) is 0 Å². The zero-order chi connectivity index (χ0) is 24.0. The van der Waals surface area contributed by atoms with E-state index in [0.29, 0.717) is 23.4 Å². The summed E-state index contributed by atoms with van der Waals surface area (Å²) in [5.74, 6) is -0.450. The van der Waals surface area contributed by atoms with E-state index in [2.05, 4.69) is 20.7 Å². The van der Waals surface area contributed by atoms with Crippen molar-refractivity contribution in [2.24, 2.45) is 4.99 Å². The molecule has 0 fully saturated rings. The van der Waals surface area contributed by atoms with E-state index in [1.807, 2.05) is 50.6 Å². The average Bonchev–Trinajstić information content (AvgIpc) is 3.09. The first-order valence-electron chi connectivity index (χ1n) is 10.7. The Morgan fingerprint density at radius 2 is 1.85 bits per heavy atom. The first kappa shape index (κ1) is 23.7. The van der Waals surface area contributed by atoms with Gasteiger partial charge in [-0.2, -0.15) is 5.10 Å². The number of nitrogens with one attached hydrogen (secondary N) is 2. The fourth-order valence-electron chi connectivity index (χ4n) is 3.52. The SMILES string of the molecule is CCn1nc(C)c(CN=C(NC(=O)c2ccccc2C)Nc2cccc(C(=O)OC)c2)c1C. The summed E-state index contributed by atoms with van der Waals surface area (Å²) < 4.78 is 6.73. The van der Waals surface area contributed by atoms with Crippen molar-refractivity contribution >= 4 is 23.5 Å². The normalized spacial score (nSPS) is 11.2. The van der Waals surface area contributed by atoms with Crippen LogP contribution in [0.2, 0.25) is 0 Å². The number of rotatable bonds is 6. The number of nitrogens with zero attached hydrogens (tertiary/aromatic N) is 3. The van der Waals surface area contributed by atoms with Gasteiger partial charge in [-0.15, -0.1) is 0 Å².